The van der Waals surface area contributed by atoms with E-state index >= 15 is 0 Å². The van der Waals surface area contributed by atoms with E-state index in [9.17, 15) is 14.0 Å². The zero-order valence-corrected chi connectivity index (χ0v) is 18.1. The molecule has 1 aromatic heterocycles. The summed E-state index contributed by atoms with van der Waals surface area (Å²) >= 11 is 0. The van der Waals surface area contributed by atoms with E-state index < -0.39 is 0 Å². The summed E-state index contributed by atoms with van der Waals surface area (Å²) in [4.78, 5) is 33.6. The third-order valence-electron chi connectivity index (χ3n) is 6.24. The third-order valence-corrected chi connectivity index (χ3v) is 6.24. The molecule has 2 amide bonds. The summed E-state index contributed by atoms with van der Waals surface area (Å²) in [6.45, 7) is 4.74. The van der Waals surface area contributed by atoms with Crippen LogP contribution in [-0.2, 0) is 22.7 Å². The summed E-state index contributed by atoms with van der Waals surface area (Å²) in [7, 11) is 1.85. The van der Waals surface area contributed by atoms with Crippen molar-refractivity contribution in [2.24, 2.45) is 5.92 Å². The summed E-state index contributed by atoms with van der Waals surface area (Å²) in [5.74, 6) is -0.228. The van der Waals surface area contributed by atoms with Crippen LogP contribution in [0.3, 0.4) is 0 Å². The molecule has 3 heterocycles. The van der Waals surface area contributed by atoms with Crippen molar-refractivity contribution < 1.29 is 18.7 Å². The summed E-state index contributed by atoms with van der Waals surface area (Å²) < 4.78 is 21.1. The largest absolute Gasteiger partial charge is 0.365 e. The highest BCUT2D eigenvalue weighted by atomic mass is 19.1. The van der Waals surface area contributed by atoms with Crippen LogP contribution in [0.2, 0.25) is 0 Å². The SMILES string of the molecule is CCCN(C)C(=O)C1CCN(C(=O)c2ncn3c2CO[C@@H](c2ccc(F)cc2)C3)CC1. The van der Waals surface area contributed by atoms with E-state index in [0.717, 1.165) is 24.2 Å². The van der Waals surface area contributed by atoms with Gasteiger partial charge in [-0.1, -0.05) is 19.1 Å². The standard InChI is InChI=1S/C23H29FN4O3/c1-3-10-26(2)22(29)17-8-11-27(12-9-17)23(30)21-19-14-31-20(13-28(19)15-25-21)16-4-6-18(24)7-5-16/h4-7,15,17,20H,3,8-14H2,1-2H3/t20-/m1/s1. The van der Waals surface area contributed by atoms with Crippen LogP contribution in [-0.4, -0.2) is 57.8 Å². The smallest absolute Gasteiger partial charge is 0.274 e. The quantitative estimate of drug-likeness (QED) is 0.734. The first-order valence-corrected chi connectivity index (χ1v) is 10.9. The van der Waals surface area contributed by atoms with Gasteiger partial charge in [0, 0.05) is 32.6 Å². The Kier molecular flexibility index (Phi) is 6.36. The number of likely N-dealkylation sites (tertiary alicyclic amines) is 1. The van der Waals surface area contributed by atoms with E-state index in [1.165, 1.54) is 12.1 Å². The highest BCUT2D eigenvalue weighted by Crippen LogP contribution is 2.29. The predicted molar refractivity (Wildman–Crippen MR) is 113 cm³/mol. The number of halogens is 1. The number of nitrogens with zero attached hydrogens (tertiary/aromatic N) is 4. The molecule has 0 spiro atoms. The number of aromatic nitrogens is 2. The van der Waals surface area contributed by atoms with Crippen LogP contribution in [0.15, 0.2) is 30.6 Å². The van der Waals surface area contributed by atoms with Crippen LogP contribution in [0.4, 0.5) is 4.39 Å². The number of ether oxygens (including phenoxy) is 1. The monoisotopic (exact) mass is 428 g/mol. The number of fused-ring (bicyclic) bond motifs is 1. The number of hydrogen-bond donors (Lipinski definition) is 0. The lowest BCUT2D eigenvalue weighted by Crippen LogP contribution is -2.44. The second-order valence-corrected chi connectivity index (χ2v) is 8.37. The lowest BCUT2D eigenvalue weighted by atomic mass is 9.95. The summed E-state index contributed by atoms with van der Waals surface area (Å²) in [6.07, 6.45) is 3.77. The van der Waals surface area contributed by atoms with Crippen LogP contribution in [0.5, 0.6) is 0 Å². The van der Waals surface area contributed by atoms with Crippen molar-refractivity contribution in [3.05, 3.63) is 53.4 Å². The fourth-order valence-electron chi connectivity index (χ4n) is 4.42. The fraction of sp³-hybridized carbons (Fsp3) is 0.522. The molecule has 1 saturated heterocycles. The predicted octanol–water partition coefficient (Wildman–Crippen LogP) is 3.01. The maximum absolute atomic E-state index is 13.2. The molecule has 2 aliphatic heterocycles. The minimum Gasteiger partial charge on any atom is -0.365 e. The summed E-state index contributed by atoms with van der Waals surface area (Å²) in [5, 5.41) is 0. The molecular formula is C23H29FN4O3. The zero-order chi connectivity index (χ0) is 22.0. The second-order valence-electron chi connectivity index (χ2n) is 8.37. The normalized spacial score (nSPS) is 19.2. The van der Waals surface area contributed by atoms with Gasteiger partial charge in [0.1, 0.15) is 11.9 Å². The molecule has 2 aliphatic rings. The van der Waals surface area contributed by atoms with E-state index in [1.54, 1.807) is 28.3 Å². The molecule has 166 valence electrons. The van der Waals surface area contributed by atoms with Crippen LogP contribution in [0.25, 0.3) is 0 Å². The maximum Gasteiger partial charge on any atom is 0.274 e. The Bertz CT molecular complexity index is 935. The minimum atomic E-state index is -0.279. The number of piperidine rings is 1. The van der Waals surface area contributed by atoms with Gasteiger partial charge in [-0.05, 0) is 37.0 Å². The molecule has 0 bridgehead atoms. The van der Waals surface area contributed by atoms with Crippen molar-refractivity contribution in [2.45, 2.75) is 45.4 Å². The number of rotatable bonds is 5. The van der Waals surface area contributed by atoms with Crippen LogP contribution in [0.1, 0.15) is 54.0 Å². The number of imidazole rings is 1. The lowest BCUT2D eigenvalue weighted by molar-refractivity contribution is -0.135. The van der Waals surface area contributed by atoms with Crippen LogP contribution >= 0.6 is 0 Å². The molecule has 2 aromatic rings. The molecule has 0 radical (unpaired) electrons. The van der Waals surface area contributed by atoms with E-state index in [0.29, 0.717) is 38.2 Å². The Morgan fingerprint density at radius 2 is 1.94 bits per heavy atom. The first-order chi connectivity index (χ1) is 15.0. The van der Waals surface area contributed by atoms with Crippen molar-refractivity contribution in [1.82, 2.24) is 19.4 Å². The Morgan fingerprint density at radius 3 is 2.61 bits per heavy atom. The Morgan fingerprint density at radius 1 is 1.23 bits per heavy atom. The van der Waals surface area contributed by atoms with Gasteiger partial charge >= 0.3 is 0 Å². The number of benzene rings is 1. The van der Waals surface area contributed by atoms with Crippen molar-refractivity contribution in [2.75, 3.05) is 26.7 Å². The van der Waals surface area contributed by atoms with Crippen molar-refractivity contribution >= 4 is 11.8 Å². The van der Waals surface area contributed by atoms with Crippen LogP contribution < -0.4 is 0 Å². The molecule has 4 rings (SSSR count). The van der Waals surface area contributed by atoms with Crippen molar-refractivity contribution in [3.63, 3.8) is 0 Å². The van der Waals surface area contributed by atoms with Crippen LogP contribution in [0, 0.1) is 11.7 Å². The highest BCUT2D eigenvalue weighted by molar-refractivity contribution is 5.93. The average molecular weight is 429 g/mol. The molecular weight excluding hydrogens is 399 g/mol. The molecule has 7 nitrogen and oxygen atoms in total. The van der Waals surface area contributed by atoms with E-state index in [2.05, 4.69) is 11.9 Å². The van der Waals surface area contributed by atoms with Gasteiger partial charge < -0.3 is 19.1 Å². The molecule has 1 aromatic carbocycles. The van der Waals surface area contributed by atoms with Gasteiger partial charge in [0.15, 0.2) is 5.69 Å². The first kappa shape index (κ1) is 21.5. The molecule has 0 saturated carbocycles. The molecule has 1 fully saturated rings. The number of carbonyl (C=O) groups excluding carboxylic acids is 2. The highest BCUT2D eigenvalue weighted by Gasteiger charge is 2.32. The molecule has 0 aliphatic carbocycles. The summed E-state index contributed by atoms with van der Waals surface area (Å²) in [6, 6.07) is 6.28. The lowest BCUT2D eigenvalue weighted by Gasteiger charge is -2.33. The minimum absolute atomic E-state index is 0.0173. The van der Waals surface area contributed by atoms with Crippen molar-refractivity contribution in [1.29, 1.82) is 0 Å². The Hall–Kier alpha value is -2.74. The van der Waals surface area contributed by atoms with Gasteiger partial charge in [0.25, 0.3) is 5.91 Å². The molecule has 0 unspecified atom stereocenters. The number of carbonyl (C=O) groups is 2. The maximum atomic E-state index is 13.2. The van der Waals surface area contributed by atoms with Gasteiger partial charge in [0.05, 0.1) is 25.2 Å². The zero-order valence-electron chi connectivity index (χ0n) is 18.1. The van der Waals surface area contributed by atoms with Crippen molar-refractivity contribution in [3.8, 4) is 0 Å². The topological polar surface area (TPSA) is 67.7 Å². The summed E-state index contributed by atoms with van der Waals surface area (Å²) in [5.41, 5.74) is 2.09. The number of amides is 2. The fourth-order valence-corrected chi connectivity index (χ4v) is 4.42. The first-order valence-electron chi connectivity index (χ1n) is 10.9. The molecule has 0 N–H and O–H groups in total. The molecule has 31 heavy (non-hydrogen) atoms. The van der Waals surface area contributed by atoms with Gasteiger partial charge in [-0.15, -0.1) is 0 Å². The van der Waals surface area contributed by atoms with Gasteiger partial charge in [-0.3, -0.25) is 9.59 Å². The molecule has 1 atom stereocenters. The third kappa shape index (κ3) is 4.49. The van der Waals surface area contributed by atoms with Gasteiger partial charge in [0.2, 0.25) is 5.91 Å². The van der Waals surface area contributed by atoms with Gasteiger partial charge in [-0.2, -0.15) is 0 Å². The van der Waals surface area contributed by atoms with E-state index in [-0.39, 0.29) is 36.3 Å². The Labute approximate surface area is 181 Å². The Balaban J connectivity index is 1.38. The number of hydrogen-bond acceptors (Lipinski definition) is 4. The second kappa shape index (κ2) is 9.18. The van der Waals surface area contributed by atoms with E-state index in [1.807, 2.05) is 11.6 Å². The van der Waals surface area contributed by atoms with E-state index in [4.69, 9.17) is 4.74 Å². The van der Waals surface area contributed by atoms with Gasteiger partial charge in [-0.25, -0.2) is 9.37 Å². The molecule has 8 heteroatoms. The average Bonchev–Trinajstić information content (AvgIpc) is 3.22.